The standard InChI is InChI=1S/C16H17Br2NO2/c1-3-14(19)10-5-4-6-11(7-10)21-16-9-12(17)15(20-2)8-13(16)18/h4-9,14H,3,19H2,1-2H3. The van der Waals surface area contributed by atoms with Gasteiger partial charge in [-0.05, 0) is 68.1 Å². The highest BCUT2D eigenvalue weighted by atomic mass is 79.9. The summed E-state index contributed by atoms with van der Waals surface area (Å²) in [6.45, 7) is 2.06. The van der Waals surface area contributed by atoms with E-state index in [1.165, 1.54) is 0 Å². The van der Waals surface area contributed by atoms with Crippen LogP contribution < -0.4 is 15.2 Å². The van der Waals surface area contributed by atoms with Gasteiger partial charge in [0.25, 0.3) is 0 Å². The second kappa shape index (κ2) is 7.29. The van der Waals surface area contributed by atoms with E-state index in [1.54, 1.807) is 7.11 Å². The molecular formula is C16H17Br2NO2. The minimum absolute atomic E-state index is 0.0274. The van der Waals surface area contributed by atoms with Crippen LogP contribution in [-0.4, -0.2) is 7.11 Å². The van der Waals surface area contributed by atoms with Crippen LogP contribution in [0.15, 0.2) is 45.3 Å². The molecule has 0 bridgehead atoms. The van der Waals surface area contributed by atoms with Gasteiger partial charge in [0.15, 0.2) is 0 Å². The number of halogens is 2. The molecule has 0 aromatic heterocycles. The maximum Gasteiger partial charge on any atom is 0.143 e. The Morgan fingerprint density at radius 3 is 2.43 bits per heavy atom. The Kier molecular flexibility index (Phi) is 5.67. The van der Waals surface area contributed by atoms with E-state index >= 15 is 0 Å². The number of ether oxygens (including phenoxy) is 2. The van der Waals surface area contributed by atoms with Gasteiger partial charge < -0.3 is 15.2 Å². The number of benzene rings is 2. The molecule has 0 amide bonds. The Morgan fingerprint density at radius 2 is 1.76 bits per heavy atom. The third-order valence-corrected chi connectivity index (χ3v) is 4.40. The molecule has 0 fully saturated rings. The van der Waals surface area contributed by atoms with Crippen molar-refractivity contribution in [2.24, 2.45) is 5.73 Å². The van der Waals surface area contributed by atoms with Crippen LogP contribution in [0.25, 0.3) is 0 Å². The average Bonchev–Trinajstić information content (AvgIpc) is 2.50. The van der Waals surface area contributed by atoms with Crippen LogP contribution in [0.4, 0.5) is 0 Å². The molecule has 112 valence electrons. The second-order valence-electron chi connectivity index (χ2n) is 4.61. The summed E-state index contributed by atoms with van der Waals surface area (Å²) in [5, 5.41) is 0. The molecular weight excluding hydrogens is 398 g/mol. The van der Waals surface area contributed by atoms with Gasteiger partial charge in [-0.2, -0.15) is 0 Å². The second-order valence-corrected chi connectivity index (χ2v) is 6.32. The molecule has 21 heavy (non-hydrogen) atoms. The largest absolute Gasteiger partial charge is 0.496 e. The molecule has 0 aliphatic carbocycles. The Morgan fingerprint density at radius 1 is 1.10 bits per heavy atom. The topological polar surface area (TPSA) is 44.5 Å². The van der Waals surface area contributed by atoms with E-state index in [4.69, 9.17) is 15.2 Å². The normalized spacial score (nSPS) is 12.0. The van der Waals surface area contributed by atoms with E-state index in [-0.39, 0.29) is 6.04 Å². The molecule has 0 spiro atoms. The van der Waals surface area contributed by atoms with Crippen LogP contribution in [0.3, 0.4) is 0 Å². The molecule has 2 aromatic rings. The van der Waals surface area contributed by atoms with Gasteiger partial charge in [0.05, 0.1) is 16.1 Å². The Bertz CT molecular complexity index is 632. The van der Waals surface area contributed by atoms with Gasteiger partial charge in [-0.3, -0.25) is 0 Å². The molecule has 1 unspecified atom stereocenters. The van der Waals surface area contributed by atoms with Gasteiger partial charge in [0.1, 0.15) is 17.2 Å². The summed E-state index contributed by atoms with van der Waals surface area (Å²) in [7, 11) is 1.63. The van der Waals surface area contributed by atoms with Crippen molar-refractivity contribution in [2.45, 2.75) is 19.4 Å². The fourth-order valence-corrected chi connectivity index (χ4v) is 2.80. The van der Waals surface area contributed by atoms with E-state index in [0.717, 1.165) is 32.4 Å². The monoisotopic (exact) mass is 413 g/mol. The first-order chi connectivity index (χ1) is 10.0. The molecule has 1 atom stereocenters. The molecule has 3 nitrogen and oxygen atoms in total. The van der Waals surface area contributed by atoms with E-state index in [2.05, 4.69) is 38.8 Å². The lowest BCUT2D eigenvalue weighted by atomic mass is 10.1. The fourth-order valence-electron chi connectivity index (χ4n) is 1.92. The number of hydrogen-bond donors (Lipinski definition) is 1. The SMILES string of the molecule is CCC(N)c1cccc(Oc2cc(Br)c(OC)cc2Br)c1. The molecule has 2 rings (SSSR count). The Hall–Kier alpha value is -1.04. The average molecular weight is 415 g/mol. The quantitative estimate of drug-likeness (QED) is 0.709. The van der Waals surface area contributed by atoms with Crippen molar-refractivity contribution in [1.82, 2.24) is 0 Å². The minimum atomic E-state index is 0.0274. The lowest BCUT2D eigenvalue weighted by Gasteiger charge is -2.13. The van der Waals surface area contributed by atoms with Crippen LogP contribution in [0.5, 0.6) is 17.2 Å². The number of hydrogen-bond acceptors (Lipinski definition) is 3. The summed E-state index contributed by atoms with van der Waals surface area (Å²) < 4.78 is 12.8. The molecule has 0 aliphatic rings. The molecule has 2 aromatic carbocycles. The maximum atomic E-state index is 6.06. The lowest BCUT2D eigenvalue weighted by Crippen LogP contribution is -2.08. The molecule has 0 radical (unpaired) electrons. The Balaban J connectivity index is 2.28. The van der Waals surface area contributed by atoms with Crippen LogP contribution >= 0.6 is 31.9 Å². The molecule has 0 saturated carbocycles. The Labute approximate surface area is 141 Å². The van der Waals surface area contributed by atoms with E-state index in [1.807, 2.05) is 36.4 Å². The summed E-state index contributed by atoms with van der Waals surface area (Å²) >= 11 is 6.95. The first kappa shape index (κ1) is 16.3. The summed E-state index contributed by atoms with van der Waals surface area (Å²) in [6, 6.07) is 11.6. The highest BCUT2D eigenvalue weighted by molar-refractivity contribution is 9.11. The molecule has 0 heterocycles. The zero-order valence-electron chi connectivity index (χ0n) is 11.9. The lowest BCUT2D eigenvalue weighted by molar-refractivity contribution is 0.409. The van der Waals surface area contributed by atoms with Gasteiger partial charge in [-0.15, -0.1) is 0 Å². The van der Waals surface area contributed by atoms with Crippen LogP contribution in [0.1, 0.15) is 24.9 Å². The van der Waals surface area contributed by atoms with Crippen LogP contribution in [0, 0.1) is 0 Å². The fraction of sp³-hybridized carbons (Fsp3) is 0.250. The zero-order valence-corrected chi connectivity index (χ0v) is 15.1. The highest BCUT2D eigenvalue weighted by Crippen LogP contribution is 2.38. The predicted octanol–water partition coefficient (Wildman–Crippen LogP) is 5.42. The van der Waals surface area contributed by atoms with E-state index < -0.39 is 0 Å². The summed E-state index contributed by atoms with van der Waals surface area (Å²) in [5.41, 5.74) is 7.13. The van der Waals surface area contributed by atoms with Gasteiger partial charge in [-0.1, -0.05) is 19.1 Å². The number of methoxy groups -OCH3 is 1. The van der Waals surface area contributed by atoms with Crippen molar-refractivity contribution < 1.29 is 9.47 Å². The number of nitrogens with two attached hydrogens (primary N) is 1. The van der Waals surface area contributed by atoms with E-state index in [9.17, 15) is 0 Å². The van der Waals surface area contributed by atoms with Crippen molar-refractivity contribution in [3.8, 4) is 17.2 Å². The molecule has 2 N–H and O–H groups in total. The first-order valence-electron chi connectivity index (χ1n) is 6.61. The summed E-state index contributed by atoms with van der Waals surface area (Å²) in [5.74, 6) is 2.22. The van der Waals surface area contributed by atoms with Gasteiger partial charge >= 0.3 is 0 Å². The molecule has 5 heteroatoms. The predicted molar refractivity (Wildman–Crippen MR) is 92.1 cm³/mol. The smallest absolute Gasteiger partial charge is 0.143 e. The van der Waals surface area contributed by atoms with Crippen molar-refractivity contribution in [3.63, 3.8) is 0 Å². The minimum Gasteiger partial charge on any atom is -0.496 e. The van der Waals surface area contributed by atoms with Crippen LogP contribution in [-0.2, 0) is 0 Å². The third kappa shape index (κ3) is 3.99. The first-order valence-corrected chi connectivity index (χ1v) is 8.20. The zero-order chi connectivity index (χ0) is 15.4. The molecule has 0 saturated heterocycles. The molecule has 0 aliphatic heterocycles. The van der Waals surface area contributed by atoms with Gasteiger partial charge in [0, 0.05) is 6.04 Å². The van der Waals surface area contributed by atoms with Gasteiger partial charge in [-0.25, -0.2) is 0 Å². The third-order valence-electron chi connectivity index (χ3n) is 3.16. The van der Waals surface area contributed by atoms with E-state index in [0.29, 0.717) is 5.75 Å². The van der Waals surface area contributed by atoms with Crippen molar-refractivity contribution in [1.29, 1.82) is 0 Å². The van der Waals surface area contributed by atoms with Crippen molar-refractivity contribution >= 4 is 31.9 Å². The van der Waals surface area contributed by atoms with Crippen LogP contribution in [0.2, 0.25) is 0 Å². The maximum absolute atomic E-state index is 6.06. The van der Waals surface area contributed by atoms with Crippen molar-refractivity contribution in [2.75, 3.05) is 7.11 Å². The highest BCUT2D eigenvalue weighted by Gasteiger charge is 2.10. The number of rotatable bonds is 5. The summed E-state index contributed by atoms with van der Waals surface area (Å²) in [6.07, 6.45) is 0.890. The van der Waals surface area contributed by atoms with Gasteiger partial charge in [0.2, 0.25) is 0 Å². The summed E-state index contributed by atoms with van der Waals surface area (Å²) in [4.78, 5) is 0. The van der Waals surface area contributed by atoms with Crippen molar-refractivity contribution in [3.05, 3.63) is 50.9 Å².